The summed E-state index contributed by atoms with van der Waals surface area (Å²) in [7, 11) is 0. The third-order valence-electron chi connectivity index (χ3n) is 1.93. The zero-order valence-electron chi connectivity index (χ0n) is 7.04. The van der Waals surface area contributed by atoms with Crippen LogP contribution in [0.1, 0.15) is 11.7 Å². The molecule has 1 aromatic rings. The predicted molar refractivity (Wildman–Crippen MR) is 45.5 cm³/mol. The van der Waals surface area contributed by atoms with Gasteiger partial charge in [0.15, 0.2) is 0 Å². The normalized spacial score (nSPS) is 19.2. The van der Waals surface area contributed by atoms with E-state index in [1.165, 1.54) is 6.20 Å². The Kier molecular flexibility index (Phi) is 1.94. The molecule has 0 aromatic carbocycles. The number of aromatic nitrogens is 1. The Morgan fingerprint density at radius 2 is 2.36 bits per heavy atom. The maximum Gasteiger partial charge on any atom is 0.337 e. The number of pyridine rings is 1. The summed E-state index contributed by atoms with van der Waals surface area (Å²) in [4.78, 5) is 14.5. The van der Waals surface area contributed by atoms with Gasteiger partial charge >= 0.3 is 5.97 Å². The van der Waals surface area contributed by atoms with Crippen molar-refractivity contribution in [2.24, 2.45) is 0 Å². The first kappa shape index (κ1) is 8.71. The fraction of sp³-hybridized carbons (Fsp3) is 0.111. The second-order valence-electron chi connectivity index (χ2n) is 2.80. The SMILES string of the molecule is O=C(O)C1=COc2ncccc2C1O. The van der Waals surface area contributed by atoms with Crippen LogP contribution in [0.5, 0.6) is 5.88 Å². The van der Waals surface area contributed by atoms with E-state index in [1.807, 2.05) is 0 Å². The minimum Gasteiger partial charge on any atom is -0.478 e. The second-order valence-corrected chi connectivity index (χ2v) is 2.80. The van der Waals surface area contributed by atoms with E-state index >= 15 is 0 Å². The molecule has 5 nitrogen and oxygen atoms in total. The second kappa shape index (κ2) is 3.12. The van der Waals surface area contributed by atoms with Crippen molar-refractivity contribution in [3.63, 3.8) is 0 Å². The molecule has 0 saturated heterocycles. The van der Waals surface area contributed by atoms with Crippen molar-refractivity contribution in [2.75, 3.05) is 0 Å². The number of nitrogens with zero attached hydrogens (tertiary/aromatic N) is 1. The summed E-state index contributed by atoms with van der Waals surface area (Å²) in [5, 5.41) is 18.3. The molecule has 0 fully saturated rings. The van der Waals surface area contributed by atoms with E-state index in [2.05, 4.69) is 4.98 Å². The molecule has 0 bridgehead atoms. The maximum atomic E-state index is 10.6. The van der Waals surface area contributed by atoms with Crippen LogP contribution in [0, 0.1) is 0 Å². The molecule has 1 atom stereocenters. The first-order chi connectivity index (χ1) is 6.70. The van der Waals surface area contributed by atoms with Crippen molar-refractivity contribution in [3.8, 4) is 5.88 Å². The van der Waals surface area contributed by atoms with Crippen molar-refractivity contribution >= 4 is 5.97 Å². The van der Waals surface area contributed by atoms with Gasteiger partial charge in [0.2, 0.25) is 5.88 Å². The molecular weight excluding hydrogens is 186 g/mol. The van der Waals surface area contributed by atoms with Gasteiger partial charge in [-0.15, -0.1) is 0 Å². The Bertz CT molecular complexity index is 413. The first-order valence-electron chi connectivity index (χ1n) is 3.93. The van der Waals surface area contributed by atoms with Crippen LogP contribution in [0.2, 0.25) is 0 Å². The molecule has 1 aliphatic rings. The van der Waals surface area contributed by atoms with E-state index in [1.54, 1.807) is 12.1 Å². The minimum atomic E-state index is -1.20. The Balaban J connectivity index is 2.44. The lowest BCUT2D eigenvalue weighted by Gasteiger charge is -2.18. The third kappa shape index (κ3) is 1.23. The number of aliphatic hydroxyl groups is 1. The topological polar surface area (TPSA) is 79.7 Å². The Labute approximate surface area is 79.3 Å². The molecule has 14 heavy (non-hydrogen) atoms. The van der Waals surface area contributed by atoms with Crippen LogP contribution < -0.4 is 4.74 Å². The molecule has 0 amide bonds. The number of fused-ring (bicyclic) bond motifs is 1. The van der Waals surface area contributed by atoms with E-state index < -0.39 is 12.1 Å². The maximum absolute atomic E-state index is 10.6. The number of hydrogen-bond acceptors (Lipinski definition) is 4. The van der Waals surface area contributed by atoms with E-state index in [-0.39, 0.29) is 11.5 Å². The summed E-state index contributed by atoms with van der Waals surface area (Å²) in [6, 6.07) is 3.18. The number of aliphatic hydroxyl groups excluding tert-OH is 1. The van der Waals surface area contributed by atoms with Crippen molar-refractivity contribution < 1.29 is 19.7 Å². The smallest absolute Gasteiger partial charge is 0.337 e. The largest absolute Gasteiger partial charge is 0.478 e. The van der Waals surface area contributed by atoms with Crippen molar-refractivity contribution in [1.29, 1.82) is 0 Å². The zero-order chi connectivity index (χ0) is 10.1. The van der Waals surface area contributed by atoms with Gasteiger partial charge in [0.05, 0.1) is 0 Å². The number of carboxylic acid groups (broad SMARTS) is 1. The van der Waals surface area contributed by atoms with Crippen LogP contribution in [0.4, 0.5) is 0 Å². The highest BCUT2D eigenvalue weighted by molar-refractivity contribution is 5.88. The number of hydrogen-bond donors (Lipinski definition) is 2. The summed E-state index contributed by atoms with van der Waals surface area (Å²) >= 11 is 0. The molecule has 0 saturated carbocycles. The molecule has 72 valence electrons. The summed E-state index contributed by atoms with van der Waals surface area (Å²) in [6.45, 7) is 0. The Morgan fingerprint density at radius 1 is 1.57 bits per heavy atom. The Hall–Kier alpha value is -1.88. The summed E-state index contributed by atoms with van der Waals surface area (Å²) in [5.74, 6) is -0.961. The lowest BCUT2D eigenvalue weighted by molar-refractivity contribution is -0.134. The summed E-state index contributed by atoms with van der Waals surface area (Å²) in [5.41, 5.74) is 0.179. The lowest BCUT2D eigenvalue weighted by atomic mass is 10.0. The van der Waals surface area contributed by atoms with E-state index in [9.17, 15) is 9.90 Å². The van der Waals surface area contributed by atoms with Crippen molar-refractivity contribution in [3.05, 3.63) is 35.7 Å². The molecule has 2 heterocycles. The molecule has 1 aliphatic heterocycles. The predicted octanol–water partition coefficient (Wildman–Crippen LogP) is 0.476. The van der Waals surface area contributed by atoms with Gasteiger partial charge in [-0.05, 0) is 12.1 Å². The van der Waals surface area contributed by atoms with Crippen LogP contribution in [0.3, 0.4) is 0 Å². The fourth-order valence-corrected chi connectivity index (χ4v) is 1.23. The molecule has 0 spiro atoms. The average Bonchev–Trinajstić information content (AvgIpc) is 2.18. The van der Waals surface area contributed by atoms with E-state index in [4.69, 9.17) is 9.84 Å². The van der Waals surface area contributed by atoms with Crippen LogP contribution in [0.25, 0.3) is 0 Å². The fourth-order valence-electron chi connectivity index (χ4n) is 1.23. The van der Waals surface area contributed by atoms with E-state index in [0.29, 0.717) is 5.56 Å². The summed E-state index contributed by atoms with van der Waals surface area (Å²) in [6.07, 6.45) is 1.33. The average molecular weight is 193 g/mol. The van der Waals surface area contributed by atoms with Gasteiger partial charge in [-0.3, -0.25) is 0 Å². The highest BCUT2D eigenvalue weighted by Crippen LogP contribution is 2.32. The molecule has 5 heteroatoms. The molecule has 0 radical (unpaired) electrons. The molecule has 1 unspecified atom stereocenters. The van der Waals surface area contributed by atoms with Gasteiger partial charge in [0.25, 0.3) is 0 Å². The summed E-state index contributed by atoms with van der Waals surface area (Å²) < 4.78 is 4.95. The van der Waals surface area contributed by atoms with Gasteiger partial charge < -0.3 is 14.9 Å². The quantitative estimate of drug-likeness (QED) is 0.677. The van der Waals surface area contributed by atoms with Crippen molar-refractivity contribution in [1.82, 2.24) is 4.98 Å². The van der Waals surface area contributed by atoms with Crippen LogP contribution >= 0.6 is 0 Å². The highest BCUT2D eigenvalue weighted by Gasteiger charge is 2.27. The third-order valence-corrected chi connectivity index (χ3v) is 1.93. The van der Waals surface area contributed by atoms with Gasteiger partial charge in [-0.1, -0.05) is 0 Å². The molecule has 2 rings (SSSR count). The number of carbonyl (C=O) groups is 1. The molecular formula is C9H7NO4. The van der Waals surface area contributed by atoms with Gasteiger partial charge in [-0.25, -0.2) is 9.78 Å². The number of aliphatic carboxylic acids is 1. The van der Waals surface area contributed by atoms with Crippen LogP contribution in [0.15, 0.2) is 30.2 Å². The molecule has 0 aliphatic carbocycles. The van der Waals surface area contributed by atoms with Crippen molar-refractivity contribution in [2.45, 2.75) is 6.10 Å². The van der Waals surface area contributed by atoms with Gasteiger partial charge in [0.1, 0.15) is 17.9 Å². The molecule has 2 N–H and O–H groups in total. The van der Waals surface area contributed by atoms with Gasteiger partial charge in [0, 0.05) is 11.8 Å². The molecule has 1 aromatic heterocycles. The highest BCUT2D eigenvalue weighted by atomic mass is 16.5. The van der Waals surface area contributed by atoms with E-state index in [0.717, 1.165) is 6.26 Å². The minimum absolute atomic E-state index is 0.189. The number of rotatable bonds is 1. The van der Waals surface area contributed by atoms with Crippen LogP contribution in [-0.2, 0) is 4.79 Å². The zero-order valence-corrected chi connectivity index (χ0v) is 7.04. The van der Waals surface area contributed by atoms with Crippen LogP contribution in [-0.4, -0.2) is 21.2 Å². The lowest BCUT2D eigenvalue weighted by Crippen LogP contribution is -2.17. The first-order valence-corrected chi connectivity index (χ1v) is 3.93. The monoisotopic (exact) mass is 193 g/mol. The Morgan fingerprint density at radius 3 is 3.07 bits per heavy atom. The number of carboxylic acids is 1. The standard InChI is InChI=1S/C9H7NO4/c11-7-5-2-1-3-10-8(5)14-4-6(7)9(12)13/h1-4,7,11H,(H,12,13). The van der Waals surface area contributed by atoms with Gasteiger partial charge in [-0.2, -0.15) is 0 Å². The number of ether oxygens (including phenoxy) is 1.